The van der Waals surface area contributed by atoms with Crippen molar-refractivity contribution in [3.63, 3.8) is 0 Å². The maximum atomic E-state index is 9.32. The molecule has 0 aliphatic carbocycles. The Kier molecular flexibility index (Phi) is 4.02. The number of aliphatic hydroxyl groups excluding tert-OH is 1. The molecule has 0 radical (unpaired) electrons. The predicted octanol–water partition coefficient (Wildman–Crippen LogP) is 1.54. The highest BCUT2D eigenvalue weighted by Crippen LogP contribution is 2.21. The van der Waals surface area contributed by atoms with E-state index in [-0.39, 0.29) is 12.6 Å². The summed E-state index contributed by atoms with van der Waals surface area (Å²) in [7, 11) is 0. The van der Waals surface area contributed by atoms with Crippen molar-refractivity contribution in [1.29, 1.82) is 0 Å². The van der Waals surface area contributed by atoms with E-state index in [2.05, 4.69) is 48.3 Å². The molecule has 2 unspecified atom stereocenters. The summed E-state index contributed by atoms with van der Waals surface area (Å²) in [5.74, 6) is 0. The lowest BCUT2D eigenvalue weighted by Gasteiger charge is -2.31. The van der Waals surface area contributed by atoms with Gasteiger partial charge in [-0.2, -0.15) is 0 Å². The van der Waals surface area contributed by atoms with Crippen LogP contribution in [0.5, 0.6) is 0 Å². The van der Waals surface area contributed by atoms with Crippen LogP contribution in [-0.4, -0.2) is 36.9 Å². The zero-order valence-electron chi connectivity index (χ0n) is 10.7. The van der Waals surface area contributed by atoms with Crippen LogP contribution in [0.3, 0.4) is 0 Å². The van der Waals surface area contributed by atoms with Crippen LogP contribution >= 0.6 is 0 Å². The molecule has 1 fully saturated rings. The van der Waals surface area contributed by atoms with Crippen molar-refractivity contribution in [2.45, 2.75) is 32.4 Å². The van der Waals surface area contributed by atoms with Gasteiger partial charge in [-0.05, 0) is 38.9 Å². The zero-order valence-corrected chi connectivity index (χ0v) is 10.7. The molecule has 0 spiro atoms. The molecule has 0 aromatic heterocycles. The Morgan fingerprint density at radius 3 is 2.71 bits per heavy atom. The Bertz CT molecular complexity index is 350. The average Bonchev–Trinajstić information content (AvgIpc) is 2.52. The number of anilines is 1. The summed E-state index contributed by atoms with van der Waals surface area (Å²) >= 11 is 0. The lowest BCUT2D eigenvalue weighted by atomic mass is 10.1. The molecule has 1 aromatic carbocycles. The monoisotopic (exact) mass is 234 g/mol. The molecule has 0 saturated carbocycles. The molecule has 1 aliphatic rings. The van der Waals surface area contributed by atoms with Crippen LogP contribution in [0.15, 0.2) is 24.3 Å². The standard InChI is InChI=1S/C14H22N2O/c1-11-3-5-14(6-4-11)16-9-13(10-17)15-8-7-12(16)2/h3-6,12-13,15,17H,7-10H2,1-2H3. The summed E-state index contributed by atoms with van der Waals surface area (Å²) in [6.45, 7) is 6.42. The topological polar surface area (TPSA) is 35.5 Å². The number of hydrogen-bond donors (Lipinski definition) is 2. The average molecular weight is 234 g/mol. The molecule has 3 nitrogen and oxygen atoms in total. The fourth-order valence-corrected chi connectivity index (χ4v) is 2.35. The van der Waals surface area contributed by atoms with Gasteiger partial charge in [0.1, 0.15) is 0 Å². The van der Waals surface area contributed by atoms with Crippen molar-refractivity contribution in [2.75, 3.05) is 24.6 Å². The smallest absolute Gasteiger partial charge is 0.0601 e. The minimum Gasteiger partial charge on any atom is -0.395 e. The highest BCUT2D eigenvalue weighted by atomic mass is 16.3. The van der Waals surface area contributed by atoms with E-state index < -0.39 is 0 Å². The molecular weight excluding hydrogens is 212 g/mol. The lowest BCUT2D eigenvalue weighted by Crippen LogP contribution is -2.42. The molecule has 3 heteroatoms. The van der Waals surface area contributed by atoms with Gasteiger partial charge in [0.25, 0.3) is 0 Å². The molecule has 17 heavy (non-hydrogen) atoms. The van der Waals surface area contributed by atoms with E-state index in [0.29, 0.717) is 6.04 Å². The maximum Gasteiger partial charge on any atom is 0.0601 e. The van der Waals surface area contributed by atoms with Gasteiger partial charge in [-0.25, -0.2) is 0 Å². The first kappa shape index (κ1) is 12.4. The molecule has 1 saturated heterocycles. The largest absolute Gasteiger partial charge is 0.395 e. The SMILES string of the molecule is Cc1ccc(N2CC(CO)NCCC2C)cc1. The second kappa shape index (κ2) is 5.52. The van der Waals surface area contributed by atoms with Crippen molar-refractivity contribution in [2.24, 2.45) is 0 Å². The minimum atomic E-state index is 0.182. The van der Waals surface area contributed by atoms with Gasteiger partial charge in [0.2, 0.25) is 0 Å². The van der Waals surface area contributed by atoms with E-state index in [1.54, 1.807) is 0 Å². The van der Waals surface area contributed by atoms with Crippen LogP contribution < -0.4 is 10.2 Å². The van der Waals surface area contributed by atoms with E-state index in [9.17, 15) is 5.11 Å². The van der Waals surface area contributed by atoms with Gasteiger partial charge in [0.15, 0.2) is 0 Å². The Hall–Kier alpha value is -1.06. The van der Waals surface area contributed by atoms with Crippen LogP contribution in [0.25, 0.3) is 0 Å². The summed E-state index contributed by atoms with van der Waals surface area (Å²) in [5, 5.41) is 12.7. The molecule has 94 valence electrons. The van der Waals surface area contributed by atoms with Crippen LogP contribution in [0.4, 0.5) is 5.69 Å². The lowest BCUT2D eigenvalue weighted by molar-refractivity contribution is 0.248. The third-order valence-electron chi connectivity index (χ3n) is 3.53. The highest BCUT2D eigenvalue weighted by molar-refractivity contribution is 5.48. The second-order valence-electron chi connectivity index (χ2n) is 4.96. The van der Waals surface area contributed by atoms with E-state index >= 15 is 0 Å². The summed E-state index contributed by atoms with van der Waals surface area (Å²) in [6, 6.07) is 9.34. The van der Waals surface area contributed by atoms with Crippen LogP contribution in [0.2, 0.25) is 0 Å². The van der Waals surface area contributed by atoms with Crippen molar-refractivity contribution in [3.8, 4) is 0 Å². The summed E-state index contributed by atoms with van der Waals surface area (Å²) in [5.41, 5.74) is 2.54. The Balaban J connectivity index is 2.18. The maximum absolute atomic E-state index is 9.32. The highest BCUT2D eigenvalue weighted by Gasteiger charge is 2.22. The van der Waals surface area contributed by atoms with Crippen LogP contribution in [-0.2, 0) is 0 Å². The molecule has 2 rings (SSSR count). The molecule has 1 heterocycles. The molecule has 0 amide bonds. The molecule has 2 atom stereocenters. The van der Waals surface area contributed by atoms with Gasteiger partial charge in [-0.15, -0.1) is 0 Å². The fourth-order valence-electron chi connectivity index (χ4n) is 2.35. The fraction of sp³-hybridized carbons (Fsp3) is 0.571. The molecular formula is C14H22N2O. The van der Waals surface area contributed by atoms with E-state index in [0.717, 1.165) is 19.5 Å². The number of benzene rings is 1. The number of nitrogens with one attached hydrogen (secondary N) is 1. The first-order valence-electron chi connectivity index (χ1n) is 6.38. The molecule has 2 N–H and O–H groups in total. The van der Waals surface area contributed by atoms with Crippen molar-refractivity contribution in [1.82, 2.24) is 5.32 Å². The molecule has 0 bridgehead atoms. The van der Waals surface area contributed by atoms with Crippen LogP contribution in [0.1, 0.15) is 18.9 Å². The second-order valence-corrected chi connectivity index (χ2v) is 4.96. The third-order valence-corrected chi connectivity index (χ3v) is 3.53. The van der Waals surface area contributed by atoms with Gasteiger partial charge in [0.05, 0.1) is 6.61 Å². The van der Waals surface area contributed by atoms with Crippen molar-refractivity contribution < 1.29 is 5.11 Å². The van der Waals surface area contributed by atoms with Gasteiger partial charge in [-0.3, -0.25) is 0 Å². The Labute approximate surface area is 103 Å². The van der Waals surface area contributed by atoms with E-state index in [1.807, 2.05) is 0 Å². The molecule has 1 aliphatic heterocycles. The first-order valence-corrected chi connectivity index (χ1v) is 6.38. The summed E-state index contributed by atoms with van der Waals surface area (Å²) in [4.78, 5) is 2.39. The number of rotatable bonds is 2. The normalized spacial score (nSPS) is 25.7. The number of nitrogens with zero attached hydrogens (tertiary/aromatic N) is 1. The minimum absolute atomic E-state index is 0.182. The van der Waals surface area contributed by atoms with E-state index in [1.165, 1.54) is 11.3 Å². The molecule has 1 aromatic rings. The van der Waals surface area contributed by atoms with E-state index in [4.69, 9.17) is 0 Å². The third kappa shape index (κ3) is 2.99. The summed E-state index contributed by atoms with van der Waals surface area (Å²) in [6.07, 6.45) is 1.12. The quantitative estimate of drug-likeness (QED) is 0.815. The van der Waals surface area contributed by atoms with Gasteiger partial charge >= 0.3 is 0 Å². The summed E-state index contributed by atoms with van der Waals surface area (Å²) < 4.78 is 0. The number of aryl methyl sites for hydroxylation is 1. The zero-order chi connectivity index (χ0) is 12.3. The predicted molar refractivity (Wildman–Crippen MR) is 71.5 cm³/mol. The van der Waals surface area contributed by atoms with Gasteiger partial charge in [-0.1, -0.05) is 17.7 Å². The number of hydrogen-bond acceptors (Lipinski definition) is 3. The van der Waals surface area contributed by atoms with Crippen molar-refractivity contribution in [3.05, 3.63) is 29.8 Å². The van der Waals surface area contributed by atoms with Crippen LogP contribution in [0, 0.1) is 6.92 Å². The number of aliphatic hydroxyl groups is 1. The first-order chi connectivity index (χ1) is 8.20. The van der Waals surface area contributed by atoms with Gasteiger partial charge in [0, 0.05) is 24.3 Å². The van der Waals surface area contributed by atoms with Crippen molar-refractivity contribution >= 4 is 5.69 Å². The Morgan fingerprint density at radius 2 is 2.06 bits per heavy atom. The Morgan fingerprint density at radius 1 is 1.35 bits per heavy atom. The van der Waals surface area contributed by atoms with Gasteiger partial charge < -0.3 is 15.3 Å².